The molecule has 1 saturated heterocycles. The minimum absolute atomic E-state index is 0.0969. The molecule has 0 amide bonds. The van der Waals surface area contributed by atoms with Crippen molar-refractivity contribution in [3.05, 3.63) is 71.3 Å². The lowest BCUT2D eigenvalue weighted by Gasteiger charge is -2.35. The normalized spacial score (nSPS) is 15.4. The van der Waals surface area contributed by atoms with Crippen molar-refractivity contribution in [1.82, 2.24) is 4.98 Å². The van der Waals surface area contributed by atoms with Gasteiger partial charge < -0.3 is 10.6 Å². The number of piperidine rings is 1. The Hall–Kier alpha value is -2.64. The van der Waals surface area contributed by atoms with E-state index in [4.69, 9.17) is 17.3 Å². The average molecular weight is 450 g/mol. The molecule has 0 aliphatic carbocycles. The van der Waals surface area contributed by atoms with E-state index in [0.717, 1.165) is 30.7 Å². The summed E-state index contributed by atoms with van der Waals surface area (Å²) in [5, 5.41) is 0.251. The summed E-state index contributed by atoms with van der Waals surface area (Å²) in [4.78, 5) is 6.43. The Morgan fingerprint density at radius 2 is 1.55 bits per heavy atom. The maximum Gasteiger partial charge on any atom is 0.416 e. The van der Waals surface area contributed by atoms with Crippen LogP contribution < -0.4 is 10.6 Å². The van der Waals surface area contributed by atoms with Gasteiger partial charge in [-0.2, -0.15) is 13.2 Å². The summed E-state index contributed by atoms with van der Waals surface area (Å²) in [6.07, 6.45) is 0.387. The van der Waals surface area contributed by atoms with Crippen LogP contribution in [0.1, 0.15) is 18.4 Å². The molecule has 3 aromatic rings. The Morgan fingerprint density at radius 3 is 2.13 bits per heavy atom. The molecule has 2 aromatic carbocycles. The van der Waals surface area contributed by atoms with Gasteiger partial charge in [-0.15, -0.1) is 0 Å². The summed E-state index contributed by atoms with van der Waals surface area (Å²) in [6, 6.07) is 9.31. The number of benzene rings is 2. The van der Waals surface area contributed by atoms with Crippen molar-refractivity contribution >= 4 is 17.3 Å². The minimum atomic E-state index is -4.41. The summed E-state index contributed by atoms with van der Waals surface area (Å²) < 4.78 is 53.1. The van der Waals surface area contributed by atoms with E-state index < -0.39 is 17.6 Å². The first-order valence-corrected chi connectivity index (χ1v) is 10.2. The predicted molar refractivity (Wildman–Crippen MR) is 115 cm³/mol. The topological polar surface area (TPSA) is 42.1 Å². The lowest BCUT2D eigenvalue weighted by molar-refractivity contribution is -0.137. The molecule has 0 saturated carbocycles. The molecule has 1 aromatic heterocycles. The maximum absolute atomic E-state index is 14.1. The van der Waals surface area contributed by atoms with Gasteiger partial charge in [0.1, 0.15) is 5.82 Å². The zero-order valence-corrected chi connectivity index (χ0v) is 17.2. The van der Waals surface area contributed by atoms with E-state index in [1.165, 1.54) is 24.3 Å². The number of nitrogens with zero attached hydrogens (tertiary/aromatic N) is 2. The van der Waals surface area contributed by atoms with E-state index >= 15 is 0 Å². The molecule has 2 N–H and O–H groups in total. The fraction of sp³-hybridized carbons (Fsp3) is 0.261. The van der Waals surface area contributed by atoms with Gasteiger partial charge in [-0.25, -0.2) is 4.39 Å². The molecule has 0 unspecified atom stereocenters. The van der Waals surface area contributed by atoms with E-state index in [2.05, 4.69) is 9.88 Å². The molecule has 0 atom stereocenters. The van der Waals surface area contributed by atoms with Crippen LogP contribution in [0, 0.1) is 5.82 Å². The smallest absolute Gasteiger partial charge is 0.370 e. The number of pyridine rings is 1. The number of anilines is 1. The van der Waals surface area contributed by atoms with Crippen LogP contribution in [0.2, 0.25) is 5.02 Å². The van der Waals surface area contributed by atoms with Gasteiger partial charge in [-0.1, -0.05) is 23.7 Å². The second kappa shape index (κ2) is 8.48. The summed E-state index contributed by atoms with van der Waals surface area (Å²) in [5.41, 5.74) is 8.59. The molecule has 1 aliphatic rings. The molecule has 0 spiro atoms. The fourth-order valence-corrected chi connectivity index (χ4v) is 4.11. The van der Waals surface area contributed by atoms with E-state index in [1.54, 1.807) is 18.5 Å². The number of hydrogen-bond acceptors (Lipinski definition) is 3. The Balaban J connectivity index is 1.87. The standard InChI is InChI=1S/C23H20ClF4N3/c24-17-9-15(10-18(25)11-17)21-13-30-12-20(22(21)31-7-5-19(29)6-8-31)14-1-3-16(4-2-14)23(26,27)28/h1-4,9-13,19H,5-8,29H2. The predicted octanol–water partition coefficient (Wildman–Crippen LogP) is 6.15. The van der Waals surface area contributed by atoms with E-state index in [1.807, 2.05) is 0 Å². The second-order valence-electron chi connectivity index (χ2n) is 7.64. The molecule has 162 valence electrons. The first kappa shape index (κ1) is 21.6. The highest BCUT2D eigenvalue weighted by Crippen LogP contribution is 2.41. The van der Waals surface area contributed by atoms with Crippen molar-refractivity contribution in [3.63, 3.8) is 0 Å². The van der Waals surface area contributed by atoms with Crippen LogP contribution in [0.25, 0.3) is 22.3 Å². The second-order valence-corrected chi connectivity index (χ2v) is 8.08. The number of halogens is 5. The van der Waals surface area contributed by atoms with Gasteiger partial charge in [0.05, 0.1) is 11.3 Å². The monoisotopic (exact) mass is 449 g/mol. The summed E-state index contributed by atoms with van der Waals surface area (Å²) in [7, 11) is 0. The van der Waals surface area contributed by atoms with Crippen LogP contribution in [0.15, 0.2) is 54.9 Å². The van der Waals surface area contributed by atoms with Crippen LogP contribution in [0.5, 0.6) is 0 Å². The van der Waals surface area contributed by atoms with Crippen LogP contribution in [-0.2, 0) is 6.18 Å². The number of hydrogen-bond donors (Lipinski definition) is 1. The molecule has 1 aliphatic heterocycles. The Morgan fingerprint density at radius 1 is 0.935 bits per heavy atom. The van der Waals surface area contributed by atoms with Crippen molar-refractivity contribution in [1.29, 1.82) is 0 Å². The summed E-state index contributed by atoms with van der Waals surface area (Å²) in [6.45, 7) is 1.35. The Labute approximate surface area is 182 Å². The van der Waals surface area contributed by atoms with Crippen LogP contribution in [-0.4, -0.2) is 24.1 Å². The average Bonchev–Trinajstić information content (AvgIpc) is 2.73. The van der Waals surface area contributed by atoms with Crippen molar-refractivity contribution in [2.24, 2.45) is 5.73 Å². The zero-order valence-electron chi connectivity index (χ0n) is 16.5. The highest BCUT2D eigenvalue weighted by Gasteiger charge is 2.30. The fourth-order valence-electron chi connectivity index (χ4n) is 3.89. The van der Waals surface area contributed by atoms with Crippen molar-refractivity contribution < 1.29 is 17.6 Å². The lowest BCUT2D eigenvalue weighted by Crippen LogP contribution is -2.40. The SMILES string of the molecule is NC1CCN(c2c(-c3ccc(C(F)(F)F)cc3)cncc2-c2cc(F)cc(Cl)c2)CC1. The first-order chi connectivity index (χ1) is 14.7. The number of alkyl halides is 3. The summed E-state index contributed by atoms with van der Waals surface area (Å²) in [5.74, 6) is -0.478. The van der Waals surface area contributed by atoms with E-state index in [-0.39, 0.29) is 11.1 Å². The van der Waals surface area contributed by atoms with Crippen molar-refractivity contribution in [2.45, 2.75) is 25.1 Å². The van der Waals surface area contributed by atoms with Crippen LogP contribution in [0.4, 0.5) is 23.2 Å². The molecule has 3 nitrogen and oxygen atoms in total. The van der Waals surface area contributed by atoms with E-state index in [9.17, 15) is 17.6 Å². The van der Waals surface area contributed by atoms with Gasteiger partial charge in [0.15, 0.2) is 0 Å². The maximum atomic E-state index is 14.1. The Bertz CT molecular complexity index is 1050. The van der Waals surface area contributed by atoms with Gasteiger partial charge in [-0.3, -0.25) is 4.98 Å². The van der Waals surface area contributed by atoms with Crippen LogP contribution in [0.3, 0.4) is 0 Å². The summed E-state index contributed by atoms with van der Waals surface area (Å²) >= 11 is 6.08. The van der Waals surface area contributed by atoms with Gasteiger partial charge in [-0.05, 0) is 54.3 Å². The van der Waals surface area contributed by atoms with Gasteiger partial charge in [0.2, 0.25) is 0 Å². The molecule has 1 fully saturated rings. The highest BCUT2D eigenvalue weighted by atomic mass is 35.5. The molecular formula is C23H20ClF4N3. The van der Waals surface area contributed by atoms with Crippen molar-refractivity contribution in [2.75, 3.05) is 18.0 Å². The third-order valence-corrected chi connectivity index (χ3v) is 5.69. The van der Waals surface area contributed by atoms with Gasteiger partial charge in [0.25, 0.3) is 0 Å². The lowest BCUT2D eigenvalue weighted by atomic mass is 9.95. The number of rotatable bonds is 3. The largest absolute Gasteiger partial charge is 0.416 e. The molecule has 31 heavy (non-hydrogen) atoms. The zero-order chi connectivity index (χ0) is 22.2. The number of aromatic nitrogens is 1. The molecule has 0 bridgehead atoms. The molecular weight excluding hydrogens is 430 g/mol. The minimum Gasteiger partial charge on any atom is -0.370 e. The van der Waals surface area contributed by atoms with Gasteiger partial charge >= 0.3 is 6.18 Å². The van der Waals surface area contributed by atoms with E-state index in [0.29, 0.717) is 35.3 Å². The van der Waals surface area contributed by atoms with Gasteiger partial charge in [0, 0.05) is 47.7 Å². The quantitative estimate of drug-likeness (QED) is 0.487. The molecule has 8 heteroatoms. The third-order valence-electron chi connectivity index (χ3n) is 5.47. The van der Waals surface area contributed by atoms with Crippen molar-refractivity contribution in [3.8, 4) is 22.3 Å². The molecule has 0 radical (unpaired) electrons. The molecule has 4 rings (SSSR count). The molecule has 2 heterocycles. The highest BCUT2D eigenvalue weighted by molar-refractivity contribution is 6.30. The van der Waals surface area contributed by atoms with Crippen LogP contribution >= 0.6 is 11.6 Å². The number of nitrogens with two attached hydrogens (primary N) is 1. The first-order valence-electron chi connectivity index (χ1n) is 9.85. The Kier molecular flexibility index (Phi) is 5.90. The third kappa shape index (κ3) is 4.67.